The molecule has 7 heteroatoms. The number of carbonyl (C=O) groups excluding carboxylic acids is 2. The van der Waals surface area contributed by atoms with Crippen LogP contribution in [0.2, 0.25) is 0 Å². The standard InChI is InChI=1S/C21H21N3O3S/c1-14-6-8-19(9-7-14)27-12-21-24-18(13-28-21)11-20(26)23-17-5-3-4-16(10-17)22-15(2)25/h3-10,13H,11-12H2,1-2H3,(H,22,25)(H,23,26). The van der Waals surface area contributed by atoms with Gasteiger partial charge in [-0.15, -0.1) is 11.3 Å². The molecule has 3 aromatic rings. The summed E-state index contributed by atoms with van der Waals surface area (Å²) in [5, 5.41) is 8.18. The predicted molar refractivity (Wildman–Crippen MR) is 111 cm³/mol. The second-order valence-electron chi connectivity index (χ2n) is 6.32. The molecule has 2 aromatic carbocycles. The molecule has 0 radical (unpaired) electrons. The Morgan fingerprint density at radius 2 is 1.79 bits per heavy atom. The van der Waals surface area contributed by atoms with Crippen LogP contribution in [0, 0.1) is 6.92 Å². The average molecular weight is 395 g/mol. The summed E-state index contributed by atoms with van der Waals surface area (Å²) in [4.78, 5) is 27.9. The minimum Gasteiger partial charge on any atom is -0.486 e. The monoisotopic (exact) mass is 395 g/mol. The first-order valence-corrected chi connectivity index (χ1v) is 9.66. The lowest BCUT2D eigenvalue weighted by Gasteiger charge is -2.07. The fraction of sp³-hybridized carbons (Fsp3) is 0.190. The summed E-state index contributed by atoms with van der Waals surface area (Å²) < 4.78 is 5.72. The third-order valence-electron chi connectivity index (χ3n) is 3.79. The quantitative estimate of drug-likeness (QED) is 0.629. The normalized spacial score (nSPS) is 10.4. The van der Waals surface area contributed by atoms with Crippen LogP contribution >= 0.6 is 11.3 Å². The summed E-state index contributed by atoms with van der Waals surface area (Å²) in [6.07, 6.45) is 0.172. The summed E-state index contributed by atoms with van der Waals surface area (Å²) in [6, 6.07) is 14.8. The minimum absolute atomic E-state index is 0.161. The maximum absolute atomic E-state index is 12.3. The fourth-order valence-electron chi connectivity index (χ4n) is 2.52. The van der Waals surface area contributed by atoms with E-state index in [1.807, 2.05) is 36.6 Å². The summed E-state index contributed by atoms with van der Waals surface area (Å²) >= 11 is 1.47. The van der Waals surface area contributed by atoms with Crippen LogP contribution in [0.4, 0.5) is 11.4 Å². The van der Waals surface area contributed by atoms with Crippen LogP contribution in [-0.2, 0) is 22.6 Å². The Kier molecular flexibility index (Phi) is 6.39. The van der Waals surface area contributed by atoms with Gasteiger partial charge in [0, 0.05) is 23.7 Å². The number of ether oxygens (including phenoxy) is 1. The van der Waals surface area contributed by atoms with E-state index in [0.29, 0.717) is 23.7 Å². The summed E-state index contributed by atoms with van der Waals surface area (Å²) in [7, 11) is 0. The first kappa shape index (κ1) is 19.6. The van der Waals surface area contributed by atoms with Crippen molar-refractivity contribution in [2.24, 2.45) is 0 Å². The van der Waals surface area contributed by atoms with E-state index in [1.54, 1.807) is 24.3 Å². The van der Waals surface area contributed by atoms with Crippen LogP contribution in [0.3, 0.4) is 0 Å². The lowest BCUT2D eigenvalue weighted by molar-refractivity contribution is -0.116. The molecule has 1 heterocycles. The molecule has 1 aromatic heterocycles. The summed E-state index contributed by atoms with van der Waals surface area (Å²) in [6.45, 7) is 3.83. The van der Waals surface area contributed by atoms with Gasteiger partial charge in [0.2, 0.25) is 11.8 Å². The fourth-order valence-corrected chi connectivity index (χ4v) is 3.23. The number of nitrogens with zero attached hydrogens (tertiary/aromatic N) is 1. The molecule has 3 rings (SSSR count). The van der Waals surface area contributed by atoms with Crippen molar-refractivity contribution in [2.45, 2.75) is 26.9 Å². The maximum Gasteiger partial charge on any atom is 0.230 e. The van der Waals surface area contributed by atoms with Crippen LogP contribution in [0.15, 0.2) is 53.9 Å². The molecule has 0 aliphatic heterocycles. The molecule has 6 nitrogen and oxygen atoms in total. The molecule has 0 saturated heterocycles. The summed E-state index contributed by atoms with van der Waals surface area (Å²) in [5.41, 5.74) is 3.13. The molecular formula is C21H21N3O3S. The van der Waals surface area contributed by atoms with Gasteiger partial charge >= 0.3 is 0 Å². The van der Waals surface area contributed by atoms with Gasteiger partial charge in [-0.05, 0) is 37.3 Å². The summed E-state index contributed by atoms with van der Waals surface area (Å²) in [5.74, 6) is 0.460. The zero-order chi connectivity index (χ0) is 19.9. The molecule has 0 bridgehead atoms. The maximum atomic E-state index is 12.3. The van der Waals surface area contributed by atoms with E-state index in [2.05, 4.69) is 15.6 Å². The minimum atomic E-state index is -0.170. The third-order valence-corrected chi connectivity index (χ3v) is 4.66. The zero-order valence-corrected chi connectivity index (χ0v) is 16.5. The highest BCUT2D eigenvalue weighted by Gasteiger charge is 2.09. The van der Waals surface area contributed by atoms with Crippen LogP contribution in [0.25, 0.3) is 0 Å². The van der Waals surface area contributed by atoms with Crippen LogP contribution in [0.1, 0.15) is 23.2 Å². The highest BCUT2D eigenvalue weighted by Crippen LogP contribution is 2.18. The Balaban J connectivity index is 1.52. The number of rotatable bonds is 7. The van der Waals surface area contributed by atoms with Crippen molar-refractivity contribution in [1.82, 2.24) is 4.98 Å². The Labute approximate surface area is 167 Å². The van der Waals surface area contributed by atoms with Crippen molar-refractivity contribution >= 4 is 34.5 Å². The van der Waals surface area contributed by atoms with Crippen molar-refractivity contribution < 1.29 is 14.3 Å². The van der Waals surface area contributed by atoms with Crippen LogP contribution in [0.5, 0.6) is 5.75 Å². The number of thiazole rings is 1. The van der Waals surface area contributed by atoms with Gasteiger partial charge in [0.05, 0.1) is 12.1 Å². The molecule has 2 amide bonds. The SMILES string of the molecule is CC(=O)Nc1cccc(NC(=O)Cc2csc(COc3ccc(C)cc3)n2)c1. The van der Waals surface area contributed by atoms with Gasteiger partial charge in [0.15, 0.2) is 0 Å². The second-order valence-corrected chi connectivity index (χ2v) is 7.26. The third kappa shape index (κ3) is 5.92. The van der Waals surface area contributed by atoms with E-state index in [4.69, 9.17) is 4.74 Å². The van der Waals surface area contributed by atoms with Gasteiger partial charge in [0.1, 0.15) is 17.4 Å². The van der Waals surface area contributed by atoms with Gasteiger partial charge in [0.25, 0.3) is 0 Å². The number of hydrogen-bond acceptors (Lipinski definition) is 5. The number of hydrogen-bond donors (Lipinski definition) is 2. The molecule has 0 aliphatic carbocycles. The first-order valence-electron chi connectivity index (χ1n) is 8.78. The number of benzene rings is 2. The molecule has 0 spiro atoms. The Hall–Kier alpha value is -3.19. The number of amides is 2. The Bertz CT molecular complexity index is 967. The Morgan fingerprint density at radius 3 is 2.50 bits per heavy atom. The first-order chi connectivity index (χ1) is 13.5. The van der Waals surface area contributed by atoms with Crippen molar-refractivity contribution in [1.29, 1.82) is 0 Å². The van der Waals surface area contributed by atoms with Gasteiger partial charge in [-0.2, -0.15) is 0 Å². The lowest BCUT2D eigenvalue weighted by Crippen LogP contribution is -2.15. The molecule has 0 saturated carbocycles. The van der Waals surface area contributed by atoms with E-state index in [1.165, 1.54) is 23.8 Å². The predicted octanol–water partition coefficient (Wildman–Crippen LogP) is 4.17. The largest absolute Gasteiger partial charge is 0.486 e. The average Bonchev–Trinajstić information content (AvgIpc) is 3.08. The zero-order valence-electron chi connectivity index (χ0n) is 15.7. The van der Waals surface area contributed by atoms with Crippen molar-refractivity contribution in [3.63, 3.8) is 0 Å². The molecule has 2 N–H and O–H groups in total. The van der Waals surface area contributed by atoms with Crippen molar-refractivity contribution in [3.8, 4) is 5.75 Å². The highest BCUT2D eigenvalue weighted by atomic mass is 32.1. The number of anilines is 2. The molecule has 28 heavy (non-hydrogen) atoms. The number of nitrogens with one attached hydrogen (secondary N) is 2. The van der Waals surface area contributed by atoms with Gasteiger partial charge in [-0.1, -0.05) is 23.8 Å². The number of aromatic nitrogens is 1. The van der Waals surface area contributed by atoms with Gasteiger partial charge < -0.3 is 15.4 Å². The molecule has 0 aliphatic rings. The van der Waals surface area contributed by atoms with Crippen molar-refractivity contribution in [3.05, 3.63) is 70.2 Å². The van der Waals surface area contributed by atoms with Crippen LogP contribution < -0.4 is 15.4 Å². The second kappa shape index (κ2) is 9.14. The molecule has 0 unspecified atom stereocenters. The van der Waals surface area contributed by atoms with E-state index in [-0.39, 0.29) is 18.2 Å². The van der Waals surface area contributed by atoms with E-state index >= 15 is 0 Å². The van der Waals surface area contributed by atoms with Gasteiger partial charge in [-0.25, -0.2) is 4.98 Å². The number of carbonyl (C=O) groups is 2. The number of aryl methyl sites for hydroxylation is 1. The van der Waals surface area contributed by atoms with E-state index in [0.717, 1.165) is 10.8 Å². The molecular weight excluding hydrogens is 374 g/mol. The molecule has 0 atom stereocenters. The van der Waals surface area contributed by atoms with Crippen LogP contribution in [-0.4, -0.2) is 16.8 Å². The molecule has 144 valence electrons. The topological polar surface area (TPSA) is 80.3 Å². The Morgan fingerprint density at radius 1 is 1.07 bits per heavy atom. The highest BCUT2D eigenvalue weighted by molar-refractivity contribution is 7.09. The van der Waals surface area contributed by atoms with Crippen molar-refractivity contribution in [2.75, 3.05) is 10.6 Å². The lowest BCUT2D eigenvalue weighted by atomic mass is 10.2. The molecule has 0 fully saturated rings. The van der Waals surface area contributed by atoms with E-state index in [9.17, 15) is 9.59 Å². The smallest absolute Gasteiger partial charge is 0.230 e. The van der Waals surface area contributed by atoms with E-state index < -0.39 is 0 Å². The van der Waals surface area contributed by atoms with Gasteiger partial charge in [-0.3, -0.25) is 9.59 Å².